The standard InChI is InChI=1S/C23H24BrFN8O/c1-27-23(34)32-6-4-16(5-7-32)28-12-19-20(24)21(26)33-22(31-19)17(11-30-33)14-8-13-9-15(25)2-3-18(13)29-10-14/h2-3,8-11,16,28H,4-7,12,26H2,1H3,(H,27,34). The minimum absolute atomic E-state index is 0.0414. The van der Waals surface area contributed by atoms with E-state index in [0.717, 1.165) is 29.7 Å². The van der Waals surface area contributed by atoms with Crippen molar-refractivity contribution in [1.29, 1.82) is 0 Å². The van der Waals surface area contributed by atoms with Crippen LogP contribution in [-0.4, -0.2) is 56.7 Å². The molecule has 0 unspecified atom stereocenters. The Hall–Kier alpha value is -3.31. The number of hydrogen-bond acceptors (Lipinski definition) is 6. The van der Waals surface area contributed by atoms with Crippen molar-refractivity contribution < 1.29 is 9.18 Å². The van der Waals surface area contributed by atoms with E-state index in [-0.39, 0.29) is 17.9 Å². The molecule has 0 saturated carbocycles. The summed E-state index contributed by atoms with van der Waals surface area (Å²) in [6.07, 6.45) is 5.15. The summed E-state index contributed by atoms with van der Waals surface area (Å²) in [5.74, 6) is 0.134. The third kappa shape index (κ3) is 4.16. The predicted molar refractivity (Wildman–Crippen MR) is 132 cm³/mol. The molecular weight excluding hydrogens is 503 g/mol. The van der Waals surface area contributed by atoms with E-state index in [4.69, 9.17) is 10.7 Å². The molecule has 1 aromatic carbocycles. The van der Waals surface area contributed by atoms with Crippen molar-refractivity contribution in [2.75, 3.05) is 25.9 Å². The monoisotopic (exact) mass is 526 g/mol. The number of benzene rings is 1. The van der Waals surface area contributed by atoms with Crippen LogP contribution in [0.5, 0.6) is 0 Å². The summed E-state index contributed by atoms with van der Waals surface area (Å²) in [6.45, 7) is 1.92. The normalized spacial score (nSPS) is 14.7. The summed E-state index contributed by atoms with van der Waals surface area (Å²) in [6, 6.07) is 6.62. The average Bonchev–Trinajstić information content (AvgIpc) is 3.28. The molecule has 4 heterocycles. The second-order valence-electron chi connectivity index (χ2n) is 8.31. The summed E-state index contributed by atoms with van der Waals surface area (Å²) in [4.78, 5) is 22.9. The van der Waals surface area contributed by atoms with Gasteiger partial charge < -0.3 is 21.3 Å². The van der Waals surface area contributed by atoms with Gasteiger partial charge in [0.05, 0.1) is 21.9 Å². The Bertz CT molecular complexity index is 1380. The zero-order chi connectivity index (χ0) is 23.8. The zero-order valence-electron chi connectivity index (χ0n) is 18.6. The van der Waals surface area contributed by atoms with Crippen molar-refractivity contribution in [2.24, 2.45) is 0 Å². The topological polar surface area (TPSA) is 113 Å². The second-order valence-corrected chi connectivity index (χ2v) is 9.10. The molecule has 34 heavy (non-hydrogen) atoms. The van der Waals surface area contributed by atoms with Gasteiger partial charge in [-0.25, -0.2) is 14.2 Å². The van der Waals surface area contributed by atoms with Crippen molar-refractivity contribution in [2.45, 2.75) is 25.4 Å². The molecule has 2 amide bonds. The van der Waals surface area contributed by atoms with E-state index in [2.05, 4.69) is 36.6 Å². The van der Waals surface area contributed by atoms with Crippen molar-refractivity contribution >= 4 is 44.3 Å². The van der Waals surface area contributed by atoms with E-state index in [9.17, 15) is 9.18 Å². The third-order valence-electron chi connectivity index (χ3n) is 6.20. The van der Waals surface area contributed by atoms with Crippen LogP contribution >= 0.6 is 15.9 Å². The molecule has 176 valence electrons. The number of anilines is 1. The molecule has 4 N–H and O–H groups in total. The van der Waals surface area contributed by atoms with E-state index < -0.39 is 0 Å². The predicted octanol–water partition coefficient (Wildman–Crippen LogP) is 3.32. The molecule has 0 atom stereocenters. The van der Waals surface area contributed by atoms with E-state index in [0.29, 0.717) is 46.5 Å². The zero-order valence-corrected chi connectivity index (χ0v) is 20.1. The van der Waals surface area contributed by atoms with Crippen LogP contribution < -0.4 is 16.4 Å². The molecule has 4 aromatic rings. The lowest BCUT2D eigenvalue weighted by atomic mass is 10.1. The van der Waals surface area contributed by atoms with Crippen molar-refractivity contribution in [3.63, 3.8) is 0 Å². The quantitative estimate of drug-likeness (QED) is 0.376. The molecule has 1 saturated heterocycles. The Labute approximate surface area is 203 Å². The van der Waals surface area contributed by atoms with Gasteiger partial charge in [0.1, 0.15) is 11.6 Å². The fourth-order valence-electron chi connectivity index (χ4n) is 4.30. The number of rotatable bonds is 4. The summed E-state index contributed by atoms with van der Waals surface area (Å²) in [5.41, 5.74) is 9.99. The highest BCUT2D eigenvalue weighted by Gasteiger charge is 2.23. The molecular formula is C23H24BrFN8O. The molecule has 9 nitrogen and oxygen atoms in total. The van der Waals surface area contributed by atoms with Gasteiger partial charge in [0.15, 0.2) is 5.65 Å². The van der Waals surface area contributed by atoms with Gasteiger partial charge >= 0.3 is 6.03 Å². The fraction of sp³-hybridized carbons (Fsp3) is 0.304. The molecule has 11 heteroatoms. The van der Waals surface area contributed by atoms with Crippen LogP contribution in [0.4, 0.5) is 15.0 Å². The molecule has 1 fully saturated rings. The number of nitrogen functional groups attached to an aromatic ring is 1. The van der Waals surface area contributed by atoms with E-state index in [1.54, 1.807) is 30.0 Å². The number of likely N-dealkylation sites (tertiary alicyclic amines) is 1. The van der Waals surface area contributed by atoms with Crippen LogP contribution in [0.15, 0.2) is 41.1 Å². The Morgan fingerprint density at radius 1 is 1.26 bits per heavy atom. The first kappa shape index (κ1) is 22.5. The van der Waals surface area contributed by atoms with E-state index >= 15 is 0 Å². The summed E-state index contributed by atoms with van der Waals surface area (Å²) in [5, 5.41) is 11.3. The number of carbonyl (C=O) groups is 1. The van der Waals surface area contributed by atoms with Gasteiger partial charge in [0.25, 0.3) is 0 Å². The number of halogens is 2. The number of fused-ring (bicyclic) bond motifs is 2. The number of aromatic nitrogens is 4. The lowest BCUT2D eigenvalue weighted by molar-refractivity contribution is 0.178. The molecule has 5 rings (SSSR count). The number of urea groups is 1. The van der Waals surface area contributed by atoms with E-state index in [1.807, 2.05) is 11.0 Å². The maximum atomic E-state index is 13.7. The van der Waals surface area contributed by atoms with E-state index in [1.165, 1.54) is 12.1 Å². The smallest absolute Gasteiger partial charge is 0.317 e. The van der Waals surface area contributed by atoms with Crippen LogP contribution in [0.2, 0.25) is 0 Å². The maximum absolute atomic E-state index is 13.7. The molecule has 0 aliphatic carbocycles. The first-order chi connectivity index (χ1) is 16.4. The molecule has 0 bridgehead atoms. The maximum Gasteiger partial charge on any atom is 0.317 e. The van der Waals surface area contributed by atoms with Gasteiger partial charge in [-0.15, -0.1) is 0 Å². The summed E-state index contributed by atoms with van der Waals surface area (Å²) >= 11 is 3.57. The Morgan fingerprint density at radius 3 is 2.82 bits per heavy atom. The highest BCUT2D eigenvalue weighted by molar-refractivity contribution is 9.10. The summed E-state index contributed by atoms with van der Waals surface area (Å²) < 4.78 is 16.0. The Balaban J connectivity index is 1.41. The third-order valence-corrected chi connectivity index (χ3v) is 7.06. The van der Waals surface area contributed by atoms with Gasteiger partial charge in [0, 0.05) is 55.4 Å². The van der Waals surface area contributed by atoms with Crippen molar-refractivity contribution in [1.82, 2.24) is 35.1 Å². The lowest BCUT2D eigenvalue weighted by Gasteiger charge is -2.32. The molecule has 1 aliphatic rings. The Kier molecular flexibility index (Phi) is 6.05. The fourth-order valence-corrected chi connectivity index (χ4v) is 4.70. The number of piperidine rings is 1. The first-order valence-electron chi connectivity index (χ1n) is 11.0. The van der Waals surface area contributed by atoms with Crippen LogP contribution in [0.3, 0.4) is 0 Å². The van der Waals surface area contributed by atoms with Crippen LogP contribution in [0, 0.1) is 5.82 Å². The van der Waals surface area contributed by atoms with Gasteiger partial charge in [-0.05, 0) is 53.0 Å². The number of hydrogen-bond donors (Lipinski definition) is 3. The number of nitrogens with two attached hydrogens (primary N) is 1. The van der Waals surface area contributed by atoms with Crippen molar-refractivity contribution in [3.05, 3.63) is 52.6 Å². The lowest BCUT2D eigenvalue weighted by Crippen LogP contribution is -2.47. The average molecular weight is 527 g/mol. The molecule has 1 aliphatic heterocycles. The minimum Gasteiger partial charge on any atom is -0.383 e. The highest BCUT2D eigenvalue weighted by atomic mass is 79.9. The molecule has 0 spiro atoms. The van der Waals surface area contributed by atoms with Crippen LogP contribution in [0.25, 0.3) is 27.7 Å². The Morgan fingerprint density at radius 2 is 2.06 bits per heavy atom. The summed E-state index contributed by atoms with van der Waals surface area (Å²) in [7, 11) is 1.65. The van der Waals surface area contributed by atoms with Gasteiger partial charge in [-0.3, -0.25) is 4.98 Å². The number of amides is 2. The molecule has 0 radical (unpaired) electrons. The number of pyridine rings is 1. The van der Waals surface area contributed by atoms with Crippen molar-refractivity contribution in [3.8, 4) is 11.1 Å². The number of nitrogens with one attached hydrogen (secondary N) is 2. The van der Waals surface area contributed by atoms with Crippen LogP contribution in [-0.2, 0) is 6.54 Å². The SMILES string of the molecule is CNC(=O)N1CCC(NCc2nc3c(-c4cnc5ccc(F)cc5c4)cnn3c(N)c2Br)CC1. The van der Waals surface area contributed by atoms with Gasteiger partial charge in [-0.2, -0.15) is 9.61 Å². The first-order valence-corrected chi connectivity index (χ1v) is 11.8. The molecule has 3 aromatic heterocycles. The van der Waals surface area contributed by atoms with Gasteiger partial charge in [-0.1, -0.05) is 0 Å². The second kappa shape index (κ2) is 9.15. The largest absolute Gasteiger partial charge is 0.383 e. The highest BCUT2D eigenvalue weighted by Crippen LogP contribution is 2.31. The number of carbonyl (C=O) groups excluding carboxylic acids is 1. The van der Waals surface area contributed by atoms with Crippen LogP contribution in [0.1, 0.15) is 18.5 Å². The minimum atomic E-state index is -0.313. The number of nitrogens with zero attached hydrogens (tertiary/aromatic N) is 5. The van der Waals surface area contributed by atoms with Gasteiger partial charge in [0.2, 0.25) is 0 Å².